The summed E-state index contributed by atoms with van der Waals surface area (Å²) < 4.78 is 41.0. The topological polar surface area (TPSA) is 203 Å². The average Bonchev–Trinajstić information content (AvgIpc) is 3.18. The van der Waals surface area contributed by atoms with Gasteiger partial charge in [0.05, 0.1) is 56.9 Å². The largest absolute Gasteiger partial charge is 0.463 e. The summed E-state index contributed by atoms with van der Waals surface area (Å²) in [6.07, 6.45) is 18.2. The van der Waals surface area contributed by atoms with Gasteiger partial charge in [-0.3, -0.25) is 4.79 Å². The lowest BCUT2D eigenvalue weighted by molar-refractivity contribution is -0.299. The summed E-state index contributed by atoms with van der Waals surface area (Å²) in [7, 11) is 0. The molecule has 11 atom stereocenters. The van der Waals surface area contributed by atoms with Crippen molar-refractivity contribution < 1.29 is 68.6 Å². The van der Waals surface area contributed by atoms with Crippen LogP contribution in [0.5, 0.6) is 0 Å². The standard InChI is InChI=1S/C41H68O14/c1-2-3-4-5-6-7-8-9-10-11-12-13-14-15-16-17-18-19-37(47)49-28-34(54-39-21-30(45)20-32(25-42)53-39)29-50-38-23-31(22-33(26-43)52-38)51-40-24-35(46)41(48)36(27-44)55-40/h6-7,9-10,12-13,15-16,30-36,38-46,48H,2-5,8,11,14,17-29H2,1H3/b7-6-,10-9-,13-12-,16-15-/t30-,31-,32-,33-,34?,35+,36+,38+,39-,40+,41-/m0/s1. The Morgan fingerprint density at radius 1 is 0.691 bits per heavy atom. The van der Waals surface area contributed by atoms with E-state index in [2.05, 4.69) is 55.5 Å². The first kappa shape index (κ1) is 47.3. The van der Waals surface area contributed by atoms with Crippen LogP contribution < -0.4 is 0 Å². The zero-order valence-electron chi connectivity index (χ0n) is 32.6. The number of esters is 1. The highest BCUT2D eigenvalue weighted by molar-refractivity contribution is 5.69. The summed E-state index contributed by atoms with van der Waals surface area (Å²) in [6, 6.07) is 0. The van der Waals surface area contributed by atoms with Crippen molar-refractivity contribution in [3.05, 3.63) is 48.6 Å². The smallest absolute Gasteiger partial charge is 0.305 e. The minimum absolute atomic E-state index is 0.00272. The summed E-state index contributed by atoms with van der Waals surface area (Å²) in [5.74, 6) is -0.397. The molecule has 0 saturated carbocycles. The van der Waals surface area contributed by atoms with Crippen LogP contribution in [-0.4, -0.2) is 137 Å². The van der Waals surface area contributed by atoms with Crippen molar-refractivity contribution in [3.63, 3.8) is 0 Å². The van der Waals surface area contributed by atoms with Crippen molar-refractivity contribution >= 4 is 5.97 Å². The van der Waals surface area contributed by atoms with Crippen molar-refractivity contribution in [2.75, 3.05) is 33.0 Å². The number of aliphatic hydroxyl groups excluding tert-OH is 6. The number of aliphatic hydroxyl groups is 6. The molecule has 3 rings (SSSR count). The Balaban J connectivity index is 1.42. The van der Waals surface area contributed by atoms with E-state index >= 15 is 0 Å². The van der Waals surface area contributed by atoms with Crippen molar-refractivity contribution in [2.45, 2.75) is 171 Å². The van der Waals surface area contributed by atoms with Crippen LogP contribution in [0, 0.1) is 0 Å². The maximum Gasteiger partial charge on any atom is 0.305 e. The van der Waals surface area contributed by atoms with E-state index in [1.807, 2.05) is 0 Å². The predicted octanol–water partition coefficient (Wildman–Crippen LogP) is 3.65. The maximum atomic E-state index is 12.7. The van der Waals surface area contributed by atoms with Gasteiger partial charge in [-0.05, 0) is 44.9 Å². The van der Waals surface area contributed by atoms with Crippen molar-refractivity contribution in [1.29, 1.82) is 0 Å². The normalized spacial score (nSPS) is 31.3. The van der Waals surface area contributed by atoms with Crippen LogP contribution in [0.15, 0.2) is 48.6 Å². The van der Waals surface area contributed by atoms with Crippen LogP contribution >= 0.6 is 0 Å². The molecule has 0 aromatic rings. The van der Waals surface area contributed by atoms with Gasteiger partial charge in [-0.25, -0.2) is 0 Å². The number of unbranched alkanes of at least 4 members (excludes halogenated alkanes) is 4. The number of allylic oxidation sites excluding steroid dienone is 8. The summed E-state index contributed by atoms with van der Waals surface area (Å²) in [5, 5.41) is 59.5. The Morgan fingerprint density at radius 3 is 1.98 bits per heavy atom. The lowest BCUT2D eigenvalue weighted by Crippen LogP contribution is -2.52. The highest BCUT2D eigenvalue weighted by Crippen LogP contribution is 2.29. The molecule has 3 aliphatic heterocycles. The monoisotopic (exact) mass is 784 g/mol. The molecule has 0 radical (unpaired) electrons. The number of carbonyl (C=O) groups is 1. The van der Waals surface area contributed by atoms with Crippen molar-refractivity contribution in [3.8, 4) is 0 Å². The third-order valence-electron chi connectivity index (χ3n) is 9.59. The minimum Gasteiger partial charge on any atom is -0.463 e. The van der Waals surface area contributed by atoms with E-state index in [1.54, 1.807) is 0 Å². The third-order valence-corrected chi connectivity index (χ3v) is 9.59. The van der Waals surface area contributed by atoms with Gasteiger partial charge in [0.25, 0.3) is 0 Å². The Morgan fingerprint density at radius 2 is 1.33 bits per heavy atom. The first-order chi connectivity index (χ1) is 26.7. The van der Waals surface area contributed by atoms with E-state index in [0.29, 0.717) is 12.8 Å². The highest BCUT2D eigenvalue weighted by atomic mass is 16.7. The molecule has 316 valence electrons. The highest BCUT2D eigenvalue weighted by Gasteiger charge is 2.40. The molecular formula is C41H68O14. The molecule has 14 nitrogen and oxygen atoms in total. The molecule has 0 amide bonds. The van der Waals surface area contributed by atoms with Crippen LogP contribution in [0.4, 0.5) is 0 Å². The minimum atomic E-state index is -1.24. The van der Waals surface area contributed by atoms with Gasteiger partial charge >= 0.3 is 5.97 Å². The molecule has 55 heavy (non-hydrogen) atoms. The van der Waals surface area contributed by atoms with Crippen LogP contribution in [0.25, 0.3) is 0 Å². The Bertz CT molecular complexity index is 1130. The number of ether oxygens (including phenoxy) is 7. The second-order valence-corrected chi connectivity index (χ2v) is 14.4. The van der Waals surface area contributed by atoms with Gasteiger partial charge in [-0.1, -0.05) is 68.4 Å². The van der Waals surface area contributed by atoms with Crippen molar-refractivity contribution in [1.82, 2.24) is 0 Å². The van der Waals surface area contributed by atoms with E-state index in [0.717, 1.165) is 32.1 Å². The van der Waals surface area contributed by atoms with Gasteiger partial charge in [-0.2, -0.15) is 0 Å². The molecule has 3 aliphatic rings. The molecule has 1 unspecified atom stereocenters. The maximum absolute atomic E-state index is 12.7. The fraction of sp³-hybridized carbons (Fsp3) is 0.780. The van der Waals surface area contributed by atoms with E-state index in [4.69, 9.17) is 33.2 Å². The molecule has 6 N–H and O–H groups in total. The van der Waals surface area contributed by atoms with Gasteiger partial charge < -0.3 is 63.8 Å². The van der Waals surface area contributed by atoms with Gasteiger partial charge in [-0.15, -0.1) is 0 Å². The lowest BCUT2D eigenvalue weighted by atomic mass is 10.0. The third kappa shape index (κ3) is 19.8. The predicted molar refractivity (Wildman–Crippen MR) is 203 cm³/mol. The second kappa shape index (κ2) is 28.4. The van der Waals surface area contributed by atoms with Gasteiger partial charge in [0, 0.05) is 38.5 Å². The zero-order chi connectivity index (χ0) is 39.7. The number of carbonyl (C=O) groups excluding carboxylic acids is 1. The molecule has 0 spiro atoms. The zero-order valence-corrected chi connectivity index (χ0v) is 32.6. The lowest BCUT2D eigenvalue weighted by Gasteiger charge is -2.40. The van der Waals surface area contributed by atoms with Gasteiger partial charge in [0.1, 0.15) is 24.9 Å². The molecule has 3 heterocycles. The summed E-state index contributed by atoms with van der Waals surface area (Å²) in [5.41, 5.74) is 0. The molecule has 0 aliphatic carbocycles. The summed E-state index contributed by atoms with van der Waals surface area (Å²) in [6.45, 7) is 0.884. The number of rotatable bonds is 26. The van der Waals surface area contributed by atoms with E-state index in [-0.39, 0.29) is 58.5 Å². The van der Waals surface area contributed by atoms with Crippen LogP contribution in [0.2, 0.25) is 0 Å². The Kier molecular flexibility index (Phi) is 24.4. The molecular weight excluding hydrogens is 716 g/mol. The fourth-order valence-corrected chi connectivity index (χ4v) is 6.53. The molecule has 0 aromatic heterocycles. The molecule has 14 heteroatoms. The van der Waals surface area contributed by atoms with E-state index in [1.165, 1.54) is 19.3 Å². The van der Waals surface area contributed by atoms with Gasteiger partial charge in [0.2, 0.25) is 0 Å². The van der Waals surface area contributed by atoms with Crippen LogP contribution in [0.1, 0.15) is 103 Å². The Labute approximate surface area is 326 Å². The molecule has 3 saturated heterocycles. The van der Waals surface area contributed by atoms with Crippen LogP contribution in [0.3, 0.4) is 0 Å². The fourth-order valence-electron chi connectivity index (χ4n) is 6.53. The number of hydrogen-bond acceptors (Lipinski definition) is 14. The molecule has 3 fully saturated rings. The summed E-state index contributed by atoms with van der Waals surface area (Å²) >= 11 is 0. The van der Waals surface area contributed by atoms with E-state index < -0.39 is 80.3 Å². The van der Waals surface area contributed by atoms with Crippen molar-refractivity contribution in [2.24, 2.45) is 0 Å². The second-order valence-electron chi connectivity index (χ2n) is 14.4. The van der Waals surface area contributed by atoms with Gasteiger partial charge in [0.15, 0.2) is 18.9 Å². The molecule has 0 aromatic carbocycles. The quantitative estimate of drug-likeness (QED) is 0.0422. The first-order valence-corrected chi connectivity index (χ1v) is 20.3. The average molecular weight is 785 g/mol. The first-order valence-electron chi connectivity index (χ1n) is 20.3. The van der Waals surface area contributed by atoms with Crippen LogP contribution in [-0.2, 0) is 38.0 Å². The SMILES string of the molecule is CCCCC/C=C\C/C=C\C/C=C\C/C=C\CCCC(=O)OCC(CO[C@H]1C[C@@H](O[C@H]2C[C@@H](O)[C@H](O)[C@@H](CO)O2)C[C@@H](CO)O1)O[C@H]1C[C@@H](O)C[C@@H](CO)O1. The van der Waals surface area contributed by atoms with E-state index in [9.17, 15) is 35.4 Å². The molecule has 0 bridgehead atoms. The number of hydrogen-bond donors (Lipinski definition) is 6. The summed E-state index contributed by atoms with van der Waals surface area (Å²) in [4.78, 5) is 12.7. The Hall–Kier alpha value is -2.05.